The molecule has 0 amide bonds. The van der Waals surface area contributed by atoms with Gasteiger partial charge in [-0.05, 0) is 38.5 Å². The largest absolute Gasteiger partial charge is 0.366 e. The molecule has 2 heterocycles. The van der Waals surface area contributed by atoms with Crippen molar-refractivity contribution in [1.29, 1.82) is 0 Å². The molecule has 2 saturated heterocycles. The van der Waals surface area contributed by atoms with Gasteiger partial charge in [-0.1, -0.05) is 34.6 Å². The van der Waals surface area contributed by atoms with Crippen molar-refractivity contribution in [3.63, 3.8) is 0 Å². The average Bonchev–Trinajstić information content (AvgIpc) is 2.61. The van der Waals surface area contributed by atoms with Crippen LogP contribution in [0, 0.1) is 17.8 Å². The lowest BCUT2D eigenvalue weighted by Crippen LogP contribution is -2.60. The van der Waals surface area contributed by atoms with E-state index in [-0.39, 0.29) is 23.7 Å². The summed E-state index contributed by atoms with van der Waals surface area (Å²) in [5, 5.41) is 10.5. The number of aliphatic hydroxyl groups is 1. The summed E-state index contributed by atoms with van der Waals surface area (Å²) < 4.78 is 18.1. The maximum atomic E-state index is 10.5. The lowest BCUT2D eigenvalue weighted by Gasteiger charge is -2.50. The molecule has 0 aromatic carbocycles. The Kier molecular flexibility index (Phi) is 4.75. The van der Waals surface area contributed by atoms with Crippen LogP contribution in [0.15, 0.2) is 0 Å². The van der Waals surface area contributed by atoms with E-state index >= 15 is 0 Å². The molecule has 4 atom stereocenters. The smallest absolute Gasteiger partial charge is 0.184 e. The first-order valence-corrected chi connectivity index (χ1v) is 8.28. The molecule has 1 N–H and O–H groups in total. The van der Waals surface area contributed by atoms with Gasteiger partial charge in [0.15, 0.2) is 12.1 Å². The van der Waals surface area contributed by atoms with Crippen molar-refractivity contribution < 1.29 is 19.3 Å². The predicted octanol–water partition coefficient (Wildman–Crippen LogP) is 3.32. The summed E-state index contributed by atoms with van der Waals surface area (Å²) in [4.78, 5) is 0. The molecule has 2 fully saturated rings. The van der Waals surface area contributed by atoms with Gasteiger partial charge in [-0.25, -0.2) is 0 Å². The van der Waals surface area contributed by atoms with Crippen LogP contribution in [0.1, 0.15) is 61.3 Å². The van der Waals surface area contributed by atoms with E-state index in [9.17, 15) is 5.11 Å². The van der Waals surface area contributed by atoms with E-state index in [0.29, 0.717) is 11.8 Å². The van der Waals surface area contributed by atoms with Gasteiger partial charge >= 0.3 is 0 Å². The fourth-order valence-corrected chi connectivity index (χ4v) is 4.07. The van der Waals surface area contributed by atoms with Crippen molar-refractivity contribution in [1.82, 2.24) is 0 Å². The van der Waals surface area contributed by atoms with Crippen molar-refractivity contribution >= 4 is 0 Å². The van der Waals surface area contributed by atoms with Crippen LogP contribution in [0.2, 0.25) is 0 Å². The number of fused-ring (bicyclic) bond motifs is 1. The molecule has 21 heavy (non-hydrogen) atoms. The number of hydrogen-bond donors (Lipinski definition) is 1. The molecule has 0 bridgehead atoms. The van der Waals surface area contributed by atoms with Crippen LogP contribution in [-0.2, 0) is 14.2 Å². The normalized spacial score (nSPS) is 38.0. The Bertz CT molecular complexity index is 354. The van der Waals surface area contributed by atoms with Crippen molar-refractivity contribution in [2.75, 3.05) is 0 Å². The molecule has 0 aliphatic carbocycles. The van der Waals surface area contributed by atoms with Crippen LogP contribution in [0.5, 0.6) is 0 Å². The number of hydrogen-bond acceptors (Lipinski definition) is 4. The Labute approximate surface area is 129 Å². The van der Waals surface area contributed by atoms with E-state index in [1.807, 2.05) is 13.8 Å². The molecule has 0 aromatic rings. The van der Waals surface area contributed by atoms with Gasteiger partial charge in [-0.15, -0.1) is 0 Å². The quantitative estimate of drug-likeness (QED) is 0.865. The molecule has 2 rings (SSSR count). The Morgan fingerprint density at radius 2 is 1.38 bits per heavy atom. The molecule has 4 heteroatoms. The third kappa shape index (κ3) is 3.44. The van der Waals surface area contributed by atoms with Crippen LogP contribution in [-0.4, -0.2) is 35.0 Å². The number of rotatable bonds is 4. The van der Waals surface area contributed by atoms with Gasteiger partial charge in [0.1, 0.15) is 6.10 Å². The second-order valence-corrected chi connectivity index (χ2v) is 8.12. The van der Waals surface area contributed by atoms with E-state index in [1.54, 1.807) is 0 Å². The fraction of sp³-hybridized carbons (Fsp3) is 1.00. The van der Waals surface area contributed by atoms with Gasteiger partial charge in [0.25, 0.3) is 0 Å². The van der Waals surface area contributed by atoms with Crippen molar-refractivity contribution in [2.24, 2.45) is 17.8 Å². The summed E-state index contributed by atoms with van der Waals surface area (Å²) in [7, 11) is 0. The highest BCUT2D eigenvalue weighted by molar-refractivity contribution is 5.02. The molecule has 0 aromatic heterocycles. The van der Waals surface area contributed by atoms with Gasteiger partial charge < -0.3 is 19.3 Å². The lowest BCUT2D eigenvalue weighted by molar-refractivity contribution is -0.292. The van der Waals surface area contributed by atoms with Gasteiger partial charge in [0, 0.05) is 5.92 Å². The highest BCUT2D eigenvalue weighted by Gasteiger charge is 2.58. The molecule has 1 unspecified atom stereocenters. The Hall–Kier alpha value is -0.160. The Balaban J connectivity index is 2.29. The molecule has 2 aliphatic rings. The SMILES string of the molecule is CC(C)CC1(CC(C)C)OC(O)[C@@H]2OC(C)(C)O[C@@H]2[C@H]1C. The maximum absolute atomic E-state index is 10.5. The fourth-order valence-electron chi connectivity index (χ4n) is 4.07. The predicted molar refractivity (Wildman–Crippen MR) is 81.7 cm³/mol. The third-order valence-corrected chi connectivity index (χ3v) is 4.63. The zero-order valence-corrected chi connectivity index (χ0v) is 14.6. The van der Waals surface area contributed by atoms with Gasteiger partial charge in [0.2, 0.25) is 0 Å². The standard InChI is InChI=1S/C17H32O4/c1-10(2)8-17(9-11(3)4)12(5)13-14(15(18)21-17)20-16(6,7)19-13/h10-15,18H,8-9H2,1-7H3/t12-,13-,14-,15?/m1/s1. The summed E-state index contributed by atoms with van der Waals surface area (Å²) in [6.07, 6.45) is 0.446. The van der Waals surface area contributed by atoms with Gasteiger partial charge in [0.05, 0.1) is 11.7 Å². The number of aliphatic hydroxyl groups excluding tert-OH is 1. The van der Waals surface area contributed by atoms with Crippen LogP contribution in [0.25, 0.3) is 0 Å². The summed E-state index contributed by atoms with van der Waals surface area (Å²) >= 11 is 0. The molecule has 0 radical (unpaired) electrons. The topological polar surface area (TPSA) is 47.9 Å². The molecular weight excluding hydrogens is 268 g/mol. The zero-order chi connectivity index (χ0) is 16.0. The first kappa shape index (κ1) is 17.2. The first-order chi connectivity index (χ1) is 9.56. The highest BCUT2D eigenvalue weighted by atomic mass is 16.8. The van der Waals surface area contributed by atoms with E-state index in [0.717, 1.165) is 12.8 Å². The lowest BCUT2D eigenvalue weighted by atomic mass is 9.71. The summed E-state index contributed by atoms with van der Waals surface area (Å²) in [6.45, 7) is 14.8. The van der Waals surface area contributed by atoms with Crippen LogP contribution in [0.3, 0.4) is 0 Å². The molecule has 2 aliphatic heterocycles. The minimum atomic E-state index is -0.912. The van der Waals surface area contributed by atoms with E-state index < -0.39 is 12.1 Å². The second-order valence-electron chi connectivity index (χ2n) is 8.12. The molecule has 0 spiro atoms. The van der Waals surface area contributed by atoms with Crippen molar-refractivity contribution in [3.8, 4) is 0 Å². The average molecular weight is 300 g/mol. The van der Waals surface area contributed by atoms with E-state index in [1.165, 1.54) is 0 Å². The molecule has 4 nitrogen and oxygen atoms in total. The van der Waals surface area contributed by atoms with E-state index in [4.69, 9.17) is 14.2 Å². The molecule has 124 valence electrons. The van der Waals surface area contributed by atoms with Crippen molar-refractivity contribution in [2.45, 2.75) is 91.2 Å². The monoisotopic (exact) mass is 300 g/mol. The van der Waals surface area contributed by atoms with E-state index in [2.05, 4.69) is 34.6 Å². The zero-order valence-electron chi connectivity index (χ0n) is 14.6. The van der Waals surface area contributed by atoms with Crippen LogP contribution >= 0.6 is 0 Å². The molecule has 0 saturated carbocycles. The summed E-state index contributed by atoms with van der Waals surface area (Å²) in [5.41, 5.74) is -0.341. The summed E-state index contributed by atoms with van der Waals surface area (Å²) in [5.74, 6) is 0.549. The van der Waals surface area contributed by atoms with Gasteiger partial charge in [-0.2, -0.15) is 0 Å². The molecular formula is C17H32O4. The maximum Gasteiger partial charge on any atom is 0.184 e. The number of ether oxygens (including phenoxy) is 3. The third-order valence-electron chi connectivity index (χ3n) is 4.63. The first-order valence-electron chi connectivity index (χ1n) is 8.28. The minimum Gasteiger partial charge on any atom is -0.366 e. The van der Waals surface area contributed by atoms with Crippen LogP contribution in [0.4, 0.5) is 0 Å². The Morgan fingerprint density at radius 1 is 0.905 bits per heavy atom. The Morgan fingerprint density at radius 3 is 1.86 bits per heavy atom. The minimum absolute atomic E-state index is 0.110. The van der Waals surface area contributed by atoms with Gasteiger partial charge in [-0.3, -0.25) is 0 Å². The summed E-state index contributed by atoms with van der Waals surface area (Å²) in [6, 6.07) is 0. The highest BCUT2D eigenvalue weighted by Crippen LogP contribution is 2.48. The van der Waals surface area contributed by atoms with Crippen molar-refractivity contribution in [3.05, 3.63) is 0 Å². The van der Waals surface area contributed by atoms with Crippen LogP contribution < -0.4 is 0 Å². The second kappa shape index (κ2) is 5.80.